The van der Waals surface area contributed by atoms with Crippen molar-refractivity contribution in [1.29, 1.82) is 0 Å². The van der Waals surface area contributed by atoms with Gasteiger partial charge in [-0.15, -0.1) is 10.2 Å². The minimum atomic E-state index is 0.318. The molecule has 1 saturated carbocycles. The molecule has 23 heavy (non-hydrogen) atoms. The molecule has 3 heterocycles. The molecule has 2 aromatic heterocycles. The van der Waals surface area contributed by atoms with Gasteiger partial charge in [0.15, 0.2) is 5.82 Å². The fourth-order valence-electron chi connectivity index (χ4n) is 3.09. The predicted octanol–water partition coefficient (Wildman–Crippen LogP) is 2.69. The molecule has 0 spiro atoms. The summed E-state index contributed by atoms with van der Waals surface area (Å²) in [5.41, 5.74) is 0. The highest BCUT2D eigenvalue weighted by atomic mass is 35.5. The standard InChI is InChI=1S/C16H20ClN5O/c1-11-16-20-19-15(10-23-14-6-13(17)7-18-8-14)22(16)5-4-21(11)9-12-2-3-12/h6-8,11-12H,2-5,9-10H2,1H3/t11-/m1/s1. The average molecular weight is 334 g/mol. The van der Waals surface area contributed by atoms with Crippen molar-refractivity contribution < 1.29 is 4.74 Å². The van der Waals surface area contributed by atoms with Crippen molar-refractivity contribution in [3.05, 3.63) is 35.1 Å². The lowest BCUT2D eigenvalue weighted by molar-refractivity contribution is 0.154. The van der Waals surface area contributed by atoms with Gasteiger partial charge >= 0.3 is 0 Å². The van der Waals surface area contributed by atoms with Crippen LogP contribution in [0.3, 0.4) is 0 Å². The quantitative estimate of drug-likeness (QED) is 0.842. The predicted molar refractivity (Wildman–Crippen MR) is 86.3 cm³/mol. The minimum Gasteiger partial charge on any atom is -0.484 e. The van der Waals surface area contributed by atoms with Gasteiger partial charge in [0.05, 0.1) is 17.3 Å². The van der Waals surface area contributed by atoms with Crippen LogP contribution in [0.2, 0.25) is 5.02 Å². The Hall–Kier alpha value is -1.66. The number of hydrogen-bond donors (Lipinski definition) is 0. The second-order valence-corrected chi connectivity index (χ2v) is 6.80. The molecule has 0 N–H and O–H groups in total. The first-order valence-electron chi connectivity index (χ1n) is 8.10. The van der Waals surface area contributed by atoms with E-state index in [0.29, 0.717) is 23.4 Å². The number of ether oxygens (including phenoxy) is 1. The van der Waals surface area contributed by atoms with Crippen molar-refractivity contribution in [2.45, 2.75) is 39.0 Å². The lowest BCUT2D eigenvalue weighted by Crippen LogP contribution is -2.38. The van der Waals surface area contributed by atoms with E-state index in [-0.39, 0.29) is 0 Å². The topological polar surface area (TPSA) is 56.1 Å². The van der Waals surface area contributed by atoms with Crippen molar-refractivity contribution in [3.63, 3.8) is 0 Å². The van der Waals surface area contributed by atoms with E-state index in [9.17, 15) is 0 Å². The second kappa shape index (κ2) is 6.09. The fraction of sp³-hybridized carbons (Fsp3) is 0.562. The molecule has 2 aliphatic rings. The Balaban J connectivity index is 1.45. The summed E-state index contributed by atoms with van der Waals surface area (Å²) in [4.78, 5) is 6.54. The summed E-state index contributed by atoms with van der Waals surface area (Å²) in [7, 11) is 0. The SMILES string of the molecule is C[C@@H]1c2nnc(COc3cncc(Cl)c3)n2CCN1CC1CC1. The highest BCUT2D eigenvalue weighted by Gasteiger charge is 2.32. The zero-order valence-electron chi connectivity index (χ0n) is 13.2. The number of hydrogen-bond acceptors (Lipinski definition) is 5. The van der Waals surface area contributed by atoms with Gasteiger partial charge in [-0.1, -0.05) is 11.6 Å². The van der Waals surface area contributed by atoms with Gasteiger partial charge < -0.3 is 9.30 Å². The van der Waals surface area contributed by atoms with Gasteiger partial charge in [0.25, 0.3) is 0 Å². The maximum absolute atomic E-state index is 5.92. The van der Waals surface area contributed by atoms with Crippen LogP contribution in [0.4, 0.5) is 0 Å². The first-order chi connectivity index (χ1) is 11.2. The van der Waals surface area contributed by atoms with Crippen LogP contribution in [0.15, 0.2) is 18.5 Å². The minimum absolute atomic E-state index is 0.318. The highest BCUT2D eigenvalue weighted by molar-refractivity contribution is 6.30. The molecule has 1 aliphatic heterocycles. The molecule has 1 atom stereocenters. The fourth-order valence-corrected chi connectivity index (χ4v) is 3.26. The summed E-state index contributed by atoms with van der Waals surface area (Å²) in [6.07, 6.45) is 5.99. The summed E-state index contributed by atoms with van der Waals surface area (Å²) in [6, 6.07) is 2.07. The molecule has 0 unspecified atom stereocenters. The first kappa shape index (κ1) is 14.9. The Kier molecular flexibility index (Phi) is 3.95. The van der Waals surface area contributed by atoms with E-state index in [1.165, 1.54) is 19.4 Å². The maximum Gasteiger partial charge on any atom is 0.171 e. The normalized spacial score (nSPS) is 21.2. The van der Waals surface area contributed by atoms with Gasteiger partial charge in [-0.05, 0) is 25.7 Å². The van der Waals surface area contributed by atoms with Gasteiger partial charge in [-0.25, -0.2) is 0 Å². The summed E-state index contributed by atoms with van der Waals surface area (Å²) in [5, 5.41) is 9.28. The molecule has 6 nitrogen and oxygen atoms in total. The molecular weight excluding hydrogens is 314 g/mol. The van der Waals surface area contributed by atoms with Crippen molar-refractivity contribution >= 4 is 11.6 Å². The van der Waals surface area contributed by atoms with Crippen molar-refractivity contribution in [3.8, 4) is 5.75 Å². The van der Waals surface area contributed by atoms with Gasteiger partial charge in [-0.2, -0.15) is 0 Å². The number of fused-ring (bicyclic) bond motifs is 1. The first-order valence-corrected chi connectivity index (χ1v) is 8.48. The summed E-state index contributed by atoms with van der Waals surface area (Å²) >= 11 is 5.92. The number of rotatable bonds is 5. The highest BCUT2D eigenvalue weighted by Crippen LogP contribution is 2.34. The average Bonchev–Trinajstić information content (AvgIpc) is 3.26. The van der Waals surface area contributed by atoms with E-state index in [2.05, 4.69) is 31.6 Å². The van der Waals surface area contributed by atoms with Crippen LogP contribution in [0.25, 0.3) is 0 Å². The lowest BCUT2D eigenvalue weighted by Gasteiger charge is -2.33. The molecule has 122 valence electrons. The van der Waals surface area contributed by atoms with Crippen LogP contribution in [0, 0.1) is 5.92 Å². The molecule has 1 aliphatic carbocycles. The molecule has 0 bridgehead atoms. The summed E-state index contributed by atoms with van der Waals surface area (Å²) in [6.45, 7) is 5.76. The van der Waals surface area contributed by atoms with Gasteiger partial charge in [0.1, 0.15) is 18.2 Å². The van der Waals surface area contributed by atoms with Gasteiger partial charge in [0.2, 0.25) is 0 Å². The van der Waals surface area contributed by atoms with Gasteiger partial charge in [-0.3, -0.25) is 9.88 Å². The zero-order valence-corrected chi connectivity index (χ0v) is 13.9. The molecule has 0 saturated heterocycles. The lowest BCUT2D eigenvalue weighted by atomic mass is 10.2. The van der Waals surface area contributed by atoms with E-state index in [1.54, 1.807) is 18.5 Å². The molecule has 4 rings (SSSR count). The van der Waals surface area contributed by atoms with E-state index in [4.69, 9.17) is 16.3 Å². The van der Waals surface area contributed by atoms with Crippen LogP contribution < -0.4 is 4.74 Å². The third kappa shape index (κ3) is 3.19. The number of halogens is 1. The Morgan fingerprint density at radius 3 is 2.91 bits per heavy atom. The molecule has 0 aromatic carbocycles. The largest absolute Gasteiger partial charge is 0.484 e. The van der Waals surface area contributed by atoms with Crippen LogP contribution in [0.1, 0.15) is 37.5 Å². The van der Waals surface area contributed by atoms with Gasteiger partial charge in [0, 0.05) is 31.9 Å². The number of pyridine rings is 1. The van der Waals surface area contributed by atoms with Crippen LogP contribution >= 0.6 is 11.6 Å². The number of aromatic nitrogens is 4. The Labute approximate surface area is 140 Å². The summed E-state index contributed by atoms with van der Waals surface area (Å²) in [5.74, 6) is 3.44. The second-order valence-electron chi connectivity index (χ2n) is 6.37. The Bertz CT molecular complexity index is 700. The Morgan fingerprint density at radius 2 is 2.13 bits per heavy atom. The maximum atomic E-state index is 5.92. The Morgan fingerprint density at radius 1 is 1.26 bits per heavy atom. The van der Waals surface area contributed by atoms with Crippen molar-refractivity contribution in [1.82, 2.24) is 24.6 Å². The molecule has 0 amide bonds. The van der Waals surface area contributed by atoms with E-state index in [1.807, 2.05) is 0 Å². The molecule has 0 radical (unpaired) electrons. The van der Waals surface area contributed by atoms with E-state index < -0.39 is 0 Å². The smallest absolute Gasteiger partial charge is 0.171 e. The van der Waals surface area contributed by atoms with E-state index >= 15 is 0 Å². The molecule has 1 fully saturated rings. The number of nitrogens with zero attached hydrogens (tertiary/aromatic N) is 5. The zero-order chi connectivity index (χ0) is 15.8. The summed E-state index contributed by atoms with van der Waals surface area (Å²) < 4.78 is 7.94. The van der Waals surface area contributed by atoms with Crippen LogP contribution in [-0.4, -0.2) is 37.7 Å². The molecule has 2 aromatic rings. The van der Waals surface area contributed by atoms with Crippen molar-refractivity contribution in [2.75, 3.05) is 13.1 Å². The van der Waals surface area contributed by atoms with Crippen LogP contribution in [-0.2, 0) is 13.2 Å². The van der Waals surface area contributed by atoms with Crippen LogP contribution in [0.5, 0.6) is 5.75 Å². The van der Waals surface area contributed by atoms with Crippen molar-refractivity contribution in [2.24, 2.45) is 5.92 Å². The van der Waals surface area contributed by atoms with E-state index in [0.717, 1.165) is 30.7 Å². The molecular formula is C16H20ClN5O. The third-order valence-electron chi connectivity index (χ3n) is 4.63. The monoisotopic (exact) mass is 333 g/mol. The third-order valence-corrected chi connectivity index (χ3v) is 4.83. The molecule has 7 heteroatoms.